The van der Waals surface area contributed by atoms with E-state index in [1.165, 1.54) is 0 Å². The van der Waals surface area contributed by atoms with Gasteiger partial charge in [0.25, 0.3) is 0 Å². The Hall–Kier alpha value is -0.570. The molecule has 2 aliphatic heterocycles. The first-order valence-electron chi connectivity index (χ1n) is 5.12. The van der Waals surface area contributed by atoms with Crippen molar-refractivity contribution in [1.29, 1.82) is 0 Å². The summed E-state index contributed by atoms with van der Waals surface area (Å²) in [6.07, 6.45) is 4.26. The zero-order valence-corrected chi connectivity index (χ0v) is 8.14. The molecule has 0 aliphatic carbocycles. The molecule has 0 saturated carbocycles. The first-order valence-corrected chi connectivity index (χ1v) is 5.12. The van der Waals surface area contributed by atoms with E-state index in [0.717, 1.165) is 32.4 Å². The molecule has 2 atom stereocenters. The first kappa shape index (κ1) is 9.00. The average Bonchev–Trinajstić information content (AvgIpc) is 2.47. The van der Waals surface area contributed by atoms with Gasteiger partial charge in [0.2, 0.25) is 5.91 Å². The van der Waals surface area contributed by atoms with Crippen LogP contribution in [-0.4, -0.2) is 25.2 Å². The Morgan fingerprint density at radius 2 is 2.54 bits per heavy atom. The second-order valence-corrected chi connectivity index (χ2v) is 4.31. The summed E-state index contributed by atoms with van der Waals surface area (Å²) in [5.41, 5.74) is 0.232. The zero-order chi connectivity index (χ0) is 9.31. The molecule has 0 aromatic carbocycles. The second kappa shape index (κ2) is 3.29. The van der Waals surface area contributed by atoms with E-state index in [1.807, 2.05) is 0 Å². The molecule has 13 heavy (non-hydrogen) atoms. The largest absolute Gasteiger partial charge is 0.378 e. The van der Waals surface area contributed by atoms with E-state index >= 15 is 0 Å². The fourth-order valence-corrected chi connectivity index (χ4v) is 2.42. The van der Waals surface area contributed by atoms with Crippen LogP contribution in [0, 0.1) is 5.41 Å². The van der Waals surface area contributed by atoms with Gasteiger partial charge in [-0.3, -0.25) is 4.79 Å². The SMILES string of the molecule is CCC1CC2(CCO1)CNC(=O)C2. The maximum absolute atomic E-state index is 11.2. The molecule has 3 nitrogen and oxygen atoms in total. The molecule has 2 rings (SSSR count). The minimum Gasteiger partial charge on any atom is -0.378 e. The Labute approximate surface area is 78.8 Å². The Bertz CT molecular complexity index is 217. The van der Waals surface area contributed by atoms with Crippen molar-refractivity contribution >= 4 is 5.91 Å². The standard InChI is InChI=1S/C10H17NO2/c1-2-8-5-10(3-4-13-8)6-9(12)11-7-10/h8H,2-7H2,1H3,(H,11,12). The number of carbonyl (C=O) groups is 1. The lowest BCUT2D eigenvalue weighted by molar-refractivity contribution is -0.120. The predicted molar refractivity (Wildman–Crippen MR) is 49.3 cm³/mol. The van der Waals surface area contributed by atoms with E-state index in [-0.39, 0.29) is 11.3 Å². The highest BCUT2D eigenvalue weighted by molar-refractivity contribution is 5.79. The highest BCUT2D eigenvalue weighted by Crippen LogP contribution is 2.39. The third kappa shape index (κ3) is 1.70. The van der Waals surface area contributed by atoms with Crippen LogP contribution in [0.3, 0.4) is 0 Å². The van der Waals surface area contributed by atoms with Crippen molar-refractivity contribution in [2.24, 2.45) is 5.41 Å². The van der Waals surface area contributed by atoms with Crippen LogP contribution in [-0.2, 0) is 9.53 Å². The van der Waals surface area contributed by atoms with Gasteiger partial charge in [0, 0.05) is 25.0 Å². The number of hydrogen-bond acceptors (Lipinski definition) is 2. The summed E-state index contributed by atoms with van der Waals surface area (Å²) < 4.78 is 5.61. The smallest absolute Gasteiger partial charge is 0.220 e. The van der Waals surface area contributed by atoms with E-state index in [2.05, 4.69) is 12.2 Å². The average molecular weight is 183 g/mol. The van der Waals surface area contributed by atoms with E-state index in [4.69, 9.17) is 4.74 Å². The molecule has 1 spiro atoms. The Morgan fingerprint density at radius 1 is 1.69 bits per heavy atom. The van der Waals surface area contributed by atoms with Crippen LogP contribution in [0.5, 0.6) is 0 Å². The monoisotopic (exact) mass is 183 g/mol. The zero-order valence-electron chi connectivity index (χ0n) is 8.14. The van der Waals surface area contributed by atoms with Gasteiger partial charge in [-0.2, -0.15) is 0 Å². The van der Waals surface area contributed by atoms with Gasteiger partial charge in [0.15, 0.2) is 0 Å². The Balaban J connectivity index is 2.02. The van der Waals surface area contributed by atoms with Gasteiger partial charge >= 0.3 is 0 Å². The van der Waals surface area contributed by atoms with Crippen molar-refractivity contribution in [3.63, 3.8) is 0 Å². The summed E-state index contributed by atoms with van der Waals surface area (Å²) in [5.74, 6) is 0.219. The third-order valence-corrected chi connectivity index (χ3v) is 3.30. The van der Waals surface area contributed by atoms with Gasteiger partial charge in [-0.15, -0.1) is 0 Å². The molecule has 0 aromatic rings. The molecule has 2 unspecified atom stereocenters. The van der Waals surface area contributed by atoms with Crippen molar-refractivity contribution < 1.29 is 9.53 Å². The molecule has 0 radical (unpaired) electrons. The number of rotatable bonds is 1. The van der Waals surface area contributed by atoms with Crippen LogP contribution in [0.4, 0.5) is 0 Å². The lowest BCUT2D eigenvalue weighted by Crippen LogP contribution is -2.36. The summed E-state index contributed by atoms with van der Waals surface area (Å²) in [6, 6.07) is 0. The number of hydrogen-bond donors (Lipinski definition) is 1. The third-order valence-electron chi connectivity index (χ3n) is 3.30. The maximum Gasteiger partial charge on any atom is 0.220 e. The number of nitrogens with one attached hydrogen (secondary N) is 1. The molecular formula is C10H17NO2. The van der Waals surface area contributed by atoms with E-state index in [0.29, 0.717) is 12.5 Å². The quantitative estimate of drug-likeness (QED) is 0.660. The molecule has 0 aromatic heterocycles. The van der Waals surface area contributed by atoms with Crippen LogP contribution in [0.1, 0.15) is 32.6 Å². The Morgan fingerprint density at radius 3 is 3.15 bits per heavy atom. The summed E-state index contributed by atoms with van der Waals surface area (Å²) in [7, 11) is 0. The van der Waals surface area contributed by atoms with Gasteiger partial charge < -0.3 is 10.1 Å². The minimum atomic E-state index is 0.219. The van der Waals surface area contributed by atoms with Crippen molar-refractivity contribution in [3.05, 3.63) is 0 Å². The second-order valence-electron chi connectivity index (χ2n) is 4.31. The summed E-state index contributed by atoms with van der Waals surface area (Å²) in [6.45, 7) is 3.84. The fraction of sp³-hybridized carbons (Fsp3) is 0.900. The van der Waals surface area contributed by atoms with Gasteiger partial charge in [0.05, 0.1) is 6.10 Å². The van der Waals surface area contributed by atoms with Crippen molar-refractivity contribution in [1.82, 2.24) is 5.32 Å². The molecule has 0 bridgehead atoms. The molecule has 74 valence electrons. The van der Waals surface area contributed by atoms with Crippen LogP contribution in [0.15, 0.2) is 0 Å². The van der Waals surface area contributed by atoms with Crippen molar-refractivity contribution in [2.75, 3.05) is 13.2 Å². The first-order chi connectivity index (χ1) is 6.24. The van der Waals surface area contributed by atoms with E-state index in [9.17, 15) is 4.79 Å². The van der Waals surface area contributed by atoms with Crippen molar-refractivity contribution in [2.45, 2.75) is 38.7 Å². The lowest BCUT2D eigenvalue weighted by Gasteiger charge is -2.36. The number of amides is 1. The molecule has 2 heterocycles. The summed E-state index contributed by atoms with van der Waals surface area (Å²) in [4.78, 5) is 11.2. The normalized spacial score (nSPS) is 39.5. The van der Waals surface area contributed by atoms with Gasteiger partial charge in [-0.25, -0.2) is 0 Å². The maximum atomic E-state index is 11.2. The number of carbonyl (C=O) groups excluding carboxylic acids is 1. The van der Waals surface area contributed by atoms with Gasteiger partial charge in [0.1, 0.15) is 0 Å². The Kier molecular flexibility index (Phi) is 2.28. The predicted octanol–water partition coefficient (Wildman–Crippen LogP) is 1.08. The number of ether oxygens (including phenoxy) is 1. The topological polar surface area (TPSA) is 38.3 Å². The molecule has 2 saturated heterocycles. The van der Waals surface area contributed by atoms with Crippen LogP contribution in [0.2, 0.25) is 0 Å². The fourth-order valence-electron chi connectivity index (χ4n) is 2.42. The summed E-state index contributed by atoms with van der Waals surface area (Å²) in [5, 5.41) is 2.93. The molecule has 2 aliphatic rings. The minimum absolute atomic E-state index is 0.219. The lowest BCUT2D eigenvalue weighted by atomic mass is 9.76. The molecule has 1 amide bonds. The molecule has 1 N–H and O–H groups in total. The van der Waals surface area contributed by atoms with E-state index in [1.54, 1.807) is 0 Å². The van der Waals surface area contributed by atoms with E-state index < -0.39 is 0 Å². The molecule has 2 fully saturated rings. The van der Waals surface area contributed by atoms with Crippen LogP contribution in [0.25, 0.3) is 0 Å². The highest BCUT2D eigenvalue weighted by atomic mass is 16.5. The molecule has 3 heteroatoms. The summed E-state index contributed by atoms with van der Waals surface area (Å²) >= 11 is 0. The van der Waals surface area contributed by atoms with Gasteiger partial charge in [-0.05, 0) is 19.3 Å². The molecular weight excluding hydrogens is 166 g/mol. The highest BCUT2D eigenvalue weighted by Gasteiger charge is 2.42. The van der Waals surface area contributed by atoms with Gasteiger partial charge in [-0.1, -0.05) is 6.92 Å². The van der Waals surface area contributed by atoms with Crippen LogP contribution < -0.4 is 5.32 Å². The van der Waals surface area contributed by atoms with Crippen molar-refractivity contribution in [3.8, 4) is 0 Å². The van der Waals surface area contributed by atoms with Crippen LogP contribution >= 0.6 is 0 Å².